The molecule has 1 heterocycles. The number of hydrogen-bond acceptors (Lipinski definition) is 6. The Bertz CT molecular complexity index is 1360. The zero-order valence-electron chi connectivity index (χ0n) is 20.3. The zero-order chi connectivity index (χ0) is 26.1. The fourth-order valence-electron chi connectivity index (χ4n) is 4.32. The summed E-state index contributed by atoms with van der Waals surface area (Å²) >= 11 is 6.16. The second kappa shape index (κ2) is 9.95. The lowest BCUT2D eigenvalue weighted by Gasteiger charge is -2.26. The van der Waals surface area contributed by atoms with Gasteiger partial charge in [0.2, 0.25) is 0 Å². The molecule has 0 aromatic heterocycles. The molecule has 1 saturated heterocycles. The Morgan fingerprint density at radius 2 is 1.58 bits per heavy atom. The van der Waals surface area contributed by atoms with Crippen molar-refractivity contribution in [2.24, 2.45) is 0 Å². The predicted molar refractivity (Wildman–Crippen MR) is 138 cm³/mol. The van der Waals surface area contributed by atoms with Crippen molar-refractivity contribution in [3.8, 4) is 17.2 Å². The molecular weight excluding hydrogens is 482 g/mol. The Hall–Kier alpha value is -3.97. The fourth-order valence-corrected chi connectivity index (χ4v) is 4.49. The number of methoxy groups -OCH3 is 2. The summed E-state index contributed by atoms with van der Waals surface area (Å²) in [5.41, 5.74) is 1.96. The number of halogens is 1. The third kappa shape index (κ3) is 4.38. The lowest BCUT2D eigenvalue weighted by atomic mass is 9.94. The smallest absolute Gasteiger partial charge is 0.300 e. The average molecular weight is 508 g/mol. The molecule has 1 unspecified atom stereocenters. The Morgan fingerprint density at radius 3 is 2.17 bits per heavy atom. The Kier molecular flexibility index (Phi) is 6.95. The summed E-state index contributed by atoms with van der Waals surface area (Å²) in [6, 6.07) is 15.5. The molecule has 1 amide bonds. The average Bonchev–Trinajstić information content (AvgIpc) is 3.13. The highest BCUT2D eigenvalue weighted by Crippen LogP contribution is 2.45. The molecule has 0 spiro atoms. The number of amides is 1. The lowest BCUT2D eigenvalue weighted by Crippen LogP contribution is -2.29. The van der Waals surface area contributed by atoms with Gasteiger partial charge in [-0.1, -0.05) is 43.6 Å². The fraction of sp³-hybridized carbons (Fsp3) is 0.214. The van der Waals surface area contributed by atoms with Crippen molar-refractivity contribution in [3.05, 3.63) is 87.9 Å². The van der Waals surface area contributed by atoms with Crippen molar-refractivity contribution in [1.82, 2.24) is 0 Å². The molecule has 3 aromatic rings. The van der Waals surface area contributed by atoms with Crippen LogP contribution >= 0.6 is 11.6 Å². The van der Waals surface area contributed by atoms with Gasteiger partial charge in [-0.25, -0.2) is 0 Å². The van der Waals surface area contributed by atoms with Crippen LogP contribution in [0.2, 0.25) is 5.02 Å². The minimum atomic E-state index is -1.03. The zero-order valence-corrected chi connectivity index (χ0v) is 21.0. The Labute approximate surface area is 214 Å². The normalized spacial score (nSPS) is 17.1. The molecule has 0 saturated carbocycles. The van der Waals surface area contributed by atoms with Gasteiger partial charge in [-0.3, -0.25) is 14.5 Å². The topological polar surface area (TPSA) is 96.3 Å². The van der Waals surface area contributed by atoms with E-state index in [4.69, 9.17) is 21.1 Å². The van der Waals surface area contributed by atoms with Crippen molar-refractivity contribution in [2.45, 2.75) is 25.8 Å². The number of phenolic OH excluding ortho intramolecular Hbond substituents is 1. The van der Waals surface area contributed by atoms with Crippen LogP contribution in [0.15, 0.2) is 66.2 Å². The van der Waals surface area contributed by atoms with Crippen molar-refractivity contribution >= 4 is 34.7 Å². The van der Waals surface area contributed by atoms with Crippen LogP contribution in [0.4, 0.5) is 5.69 Å². The van der Waals surface area contributed by atoms with Crippen molar-refractivity contribution in [2.75, 3.05) is 19.1 Å². The summed E-state index contributed by atoms with van der Waals surface area (Å²) in [5.74, 6) is -1.50. The highest BCUT2D eigenvalue weighted by atomic mass is 35.5. The number of rotatable bonds is 6. The number of aromatic hydroxyl groups is 1. The van der Waals surface area contributed by atoms with Crippen LogP contribution in [-0.2, 0) is 9.59 Å². The second-order valence-corrected chi connectivity index (χ2v) is 9.13. The highest BCUT2D eigenvalue weighted by molar-refractivity contribution is 6.51. The first-order valence-electron chi connectivity index (χ1n) is 11.3. The van der Waals surface area contributed by atoms with Crippen molar-refractivity contribution < 1.29 is 29.3 Å². The van der Waals surface area contributed by atoms with Gasteiger partial charge >= 0.3 is 0 Å². The van der Waals surface area contributed by atoms with E-state index < -0.39 is 23.5 Å². The highest BCUT2D eigenvalue weighted by Gasteiger charge is 2.47. The molecule has 2 N–H and O–H groups in total. The lowest BCUT2D eigenvalue weighted by molar-refractivity contribution is -0.132. The van der Waals surface area contributed by atoms with E-state index in [1.165, 1.54) is 37.3 Å². The van der Waals surface area contributed by atoms with Crippen molar-refractivity contribution in [3.63, 3.8) is 0 Å². The molecule has 7 nitrogen and oxygen atoms in total. The summed E-state index contributed by atoms with van der Waals surface area (Å²) in [7, 11) is 2.84. The van der Waals surface area contributed by atoms with E-state index in [1.54, 1.807) is 30.3 Å². The molecule has 186 valence electrons. The van der Waals surface area contributed by atoms with Gasteiger partial charge in [0.15, 0.2) is 11.5 Å². The number of carbonyl (C=O) groups is 2. The van der Waals surface area contributed by atoms with E-state index in [0.29, 0.717) is 16.3 Å². The molecule has 3 aromatic carbocycles. The van der Waals surface area contributed by atoms with Gasteiger partial charge in [0.25, 0.3) is 11.7 Å². The Balaban J connectivity index is 1.97. The molecule has 1 atom stereocenters. The van der Waals surface area contributed by atoms with Crippen LogP contribution in [0.5, 0.6) is 17.2 Å². The minimum Gasteiger partial charge on any atom is -0.507 e. The standard InChI is InChI=1S/C28H26ClNO6/c1-15(2)16-5-9-19(10-6-16)30-25(17-7-11-23(36-4)21(31)13-17)24(27(33)28(30)34)26(32)20-14-18(29)8-12-22(20)35-3/h5-15,25,31-32H,1-4H3/b26-24+. The summed E-state index contributed by atoms with van der Waals surface area (Å²) in [5, 5.41) is 22.2. The number of aliphatic hydroxyl groups excluding tert-OH is 1. The number of nitrogens with zero attached hydrogens (tertiary/aromatic N) is 1. The van der Waals surface area contributed by atoms with Gasteiger partial charge in [-0.15, -0.1) is 0 Å². The molecule has 36 heavy (non-hydrogen) atoms. The number of hydrogen-bond donors (Lipinski definition) is 2. The number of Topliss-reactive ketones (excluding diaryl/α,β-unsaturated/α-hetero) is 1. The van der Waals surface area contributed by atoms with Crippen molar-refractivity contribution in [1.29, 1.82) is 0 Å². The Morgan fingerprint density at radius 1 is 0.944 bits per heavy atom. The molecule has 4 rings (SSSR count). The maximum atomic E-state index is 13.4. The van der Waals surface area contributed by atoms with Crippen LogP contribution in [0.25, 0.3) is 5.76 Å². The maximum absolute atomic E-state index is 13.4. The summed E-state index contributed by atoms with van der Waals surface area (Å²) in [6.45, 7) is 4.11. The molecule has 1 fully saturated rings. The van der Waals surface area contributed by atoms with Crippen LogP contribution in [-0.4, -0.2) is 36.1 Å². The third-order valence-electron chi connectivity index (χ3n) is 6.22. The number of aliphatic hydroxyl groups is 1. The van der Waals surface area contributed by atoms with Gasteiger partial charge in [-0.2, -0.15) is 0 Å². The van der Waals surface area contributed by atoms with E-state index in [1.807, 2.05) is 12.1 Å². The first kappa shape index (κ1) is 25.1. The summed E-state index contributed by atoms with van der Waals surface area (Å²) < 4.78 is 10.5. The molecule has 1 aliphatic rings. The van der Waals surface area contributed by atoms with Gasteiger partial charge in [0, 0.05) is 10.7 Å². The van der Waals surface area contributed by atoms with Gasteiger partial charge < -0.3 is 19.7 Å². The number of phenols is 1. The largest absolute Gasteiger partial charge is 0.507 e. The number of ether oxygens (including phenoxy) is 2. The summed E-state index contributed by atoms with van der Waals surface area (Å²) in [4.78, 5) is 28.1. The number of benzene rings is 3. The van der Waals surface area contributed by atoms with Gasteiger partial charge in [0.1, 0.15) is 11.5 Å². The molecular formula is C28H26ClNO6. The van der Waals surface area contributed by atoms with Crippen LogP contribution in [0.3, 0.4) is 0 Å². The molecule has 0 radical (unpaired) electrons. The molecule has 0 aliphatic carbocycles. The molecule has 1 aliphatic heterocycles. The number of carbonyl (C=O) groups excluding carboxylic acids is 2. The third-order valence-corrected chi connectivity index (χ3v) is 6.45. The SMILES string of the molecule is COc1ccc(C2/C(=C(\O)c3cc(Cl)ccc3OC)C(=O)C(=O)N2c2ccc(C(C)C)cc2)cc1O. The monoisotopic (exact) mass is 507 g/mol. The van der Waals surface area contributed by atoms with Crippen LogP contribution in [0.1, 0.15) is 42.5 Å². The van der Waals surface area contributed by atoms with Gasteiger partial charge in [-0.05, 0) is 59.5 Å². The maximum Gasteiger partial charge on any atom is 0.300 e. The predicted octanol–water partition coefficient (Wildman–Crippen LogP) is 5.81. The van der Waals surface area contributed by atoms with Crippen LogP contribution < -0.4 is 14.4 Å². The van der Waals surface area contributed by atoms with E-state index >= 15 is 0 Å². The molecule has 8 heteroatoms. The van der Waals surface area contributed by atoms with Crippen LogP contribution in [0, 0.1) is 0 Å². The van der Waals surface area contributed by atoms with E-state index in [-0.39, 0.29) is 34.3 Å². The second-order valence-electron chi connectivity index (χ2n) is 8.69. The first-order chi connectivity index (χ1) is 17.2. The number of anilines is 1. The van der Waals surface area contributed by atoms with E-state index in [2.05, 4.69) is 13.8 Å². The quantitative estimate of drug-likeness (QED) is 0.248. The number of ketones is 1. The molecule has 0 bridgehead atoms. The first-order valence-corrected chi connectivity index (χ1v) is 11.7. The van der Waals surface area contributed by atoms with E-state index in [0.717, 1.165) is 5.56 Å². The van der Waals surface area contributed by atoms with Gasteiger partial charge in [0.05, 0.1) is 31.4 Å². The van der Waals surface area contributed by atoms with E-state index in [9.17, 15) is 19.8 Å². The minimum absolute atomic E-state index is 0.155. The summed E-state index contributed by atoms with van der Waals surface area (Å²) in [6.07, 6.45) is 0.